The zero-order valence-corrected chi connectivity index (χ0v) is 16.0. The summed E-state index contributed by atoms with van der Waals surface area (Å²) in [6.45, 7) is 1.90. The summed E-state index contributed by atoms with van der Waals surface area (Å²) in [5.41, 5.74) is 14.7. The molecule has 1 heterocycles. The van der Waals surface area contributed by atoms with Gasteiger partial charge in [0.25, 0.3) is 0 Å². The number of nitrogen functional groups attached to an aromatic ring is 1. The molecule has 2 aromatic carbocycles. The summed E-state index contributed by atoms with van der Waals surface area (Å²) in [4.78, 5) is 13.5. The topological polar surface area (TPSA) is 84.4 Å². The molecular weight excluding hydrogens is 383 g/mol. The summed E-state index contributed by atoms with van der Waals surface area (Å²) in [6, 6.07) is 15.5. The number of nitrogens with zero attached hydrogens (tertiary/aromatic N) is 1. The number of benzene rings is 2. The first kappa shape index (κ1) is 23.3. The second kappa shape index (κ2) is 10.4. The fourth-order valence-electron chi connectivity index (χ4n) is 2.90. The van der Waals surface area contributed by atoms with Crippen molar-refractivity contribution < 1.29 is 4.79 Å². The highest BCUT2D eigenvalue weighted by atomic mass is 35.5. The average Bonchev–Trinajstić information content (AvgIpc) is 3.04. The van der Waals surface area contributed by atoms with Crippen molar-refractivity contribution >= 4 is 60.2 Å². The monoisotopic (exact) mass is 404 g/mol. The smallest absolute Gasteiger partial charge is 0.248 e. The molecule has 8 heteroatoms. The van der Waals surface area contributed by atoms with Gasteiger partial charge >= 0.3 is 0 Å². The number of nitrogens with two attached hydrogens (primary N) is 2. The van der Waals surface area contributed by atoms with Crippen LogP contribution in [0.1, 0.15) is 16.8 Å². The summed E-state index contributed by atoms with van der Waals surface area (Å²) in [5.74, 6) is -0.417. The molecule has 0 spiro atoms. The quantitative estimate of drug-likeness (QED) is 0.682. The van der Waals surface area contributed by atoms with Crippen LogP contribution in [0, 0.1) is 0 Å². The van der Waals surface area contributed by atoms with E-state index >= 15 is 0 Å². The van der Waals surface area contributed by atoms with Crippen molar-refractivity contribution in [1.29, 1.82) is 0 Å². The van der Waals surface area contributed by atoms with Crippen molar-refractivity contribution in [3.63, 3.8) is 0 Å². The maximum Gasteiger partial charge on any atom is 0.248 e. The van der Waals surface area contributed by atoms with Crippen molar-refractivity contribution in [1.82, 2.24) is 5.32 Å². The van der Waals surface area contributed by atoms with Crippen LogP contribution in [0.3, 0.4) is 0 Å². The van der Waals surface area contributed by atoms with Gasteiger partial charge in [-0.2, -0.15) is 0 Å². The first-order valence-corrected chi connectivity index (χ1v) is 7.41. The summed E-state index contributed by atoms with van der Waals surface area (Å²) in [5, 5.41) is 3.38. The molecule has 0 unspecified atom stereocenters. The Labute approximate surface area is 166 Å². The molecule has 1 amide bonds. The van der Waals surface area contributed by atoms with Crippen LogP contribution in [-0.2, 0) is 0 Å². The summed E-state index contributed by atoms with van der Waals surface area (Å²) in [7, 11) is 0. The second-order valence-corrected chi connectivity index (χ2v) is 5.49. The molecule has 5 N–H and O–H groups in total. The standard InChI is InChI=1S/C17H20N4O.3ClH/c18-15-3-1-2-4-16(15)21(14-9-10-20-11-14)13-7-5-12(6-8-13)17(19)22;;;/h1-8,14,20H,9-11,18H2,(H2,19,22);3*1H/t14-;;;/m0.../s1. The van der Waals surface area contributed by atoms with E-state index in [4.69, 9.17) is 11.5 Å². The third kappa shape index (κ3) is 5.16. The lowest BCUT2D eigenvalue weighted by Crippen LogP contribution is -2.33. The summed E-state index contributed by atoms with van der Waals surface area (Å²) >= 11 is 0. The molecule has 1 aliphatic heterocycles. The molecule has 0 bridgehead atoms. The number of halogens is 3. The Balaban J connectivity index is 0.00000192. The van der Waals surface area contributed by atoms with E-state index in [0.717, 1.165) is 36.6 Å². The van der Waals surface area contributed by atoms with Gasteiger partial charge in [0, 0.05) is 23.8 Å². The number of amides is 1. The maximum absolute atomic E-state index is 11.2. The SMILES string of the molecule is Cl.Cl.Cl.NC(=O)c1ccc(N(c2ccccc2N)[C@H]2CCNC2)cc1. The van der Waals surface area contributed by atoms with E-state index in [9.17, 15) is 4.79 Å². The number of anilines is 3. The average molecular weight is 406 g/mol. The molecule has 1 saturated heterocycles. The first-order valence-electron chi connectivity index (χ1n) is 7.41. The van der Waals surface area contributed by atoms with E-state index in [1.807, 2.05) is 36.4 Å². The van der Waals surface area contributed by atoms with Gasteiger partial charge in [0.15, 0.2) is 0 Å². The van der Waals surface area contributed by atoms with Crippen LogP contribution < -0.4 is 21.7 Å². The van der Waals surface area contributed by atoms with Gasteiger partial charge in [0.1, 0.15) is 0 Å². The predicted octanol–water partition coefficient (Wildman–Crippen LogP) is 3.13. The van der Waals surface area contributed by atoms with Crippen LogP contribution in [0.4, 0.5) is 17.1 Å². The van der Waals surface area contributed by atoms with E-state index in [1.165, 1.54) is 0 Å². The van der Waals surface area contributed by atoms with Gasteiger partial charge < -0.3 is 21.7 Å². The van der Waals surface area contributed by atoms with Crippen LogP contribution in [0.2, 0.25) is 0 Å². The molecule has 1 fully saturated rings. The molecule has 1 aliphatic rings. The van der Waals surface area contributed by atoms with Crippen LogP contribution in [0.25, 0.3) is 0 Å². The number of rotatable bonds is 4. The third-order valence-corrected chi connectivity index (χ3v) is 4.03. The van der Waals surface area contributed by atoms with Crippen molar-refractivity contribution in [2.24, 2.45) is 5.73 Å². The number of hydrogen-bond donors (Lipinski definition) is 3. The fraction of sp³-hybridized carbons (Fsp3) is 0.235. The van der Waals surface area contributed by atoms with E-state index in [2.05, 4.69) is 10.2 Å². The Morgan fingerprint density at radius 2 is 1.68 bits per heavy atom. The van der Waals surface area contributed by atoms with E-state index in [0.29, 0.717) is 11.6 Å². The van der Waals surface area contributed by atoms with Crippen molar-refractivity contribution in [2.45, 2.75) is 12.5 Å². The van der Waals surface area contributed by atoms with Gasteiger partial charge in [0.05, 0.1) is 11.4 Å². The van der Waals surface area contributed by atoms with Gasteiger partial charge in [-0.3, -0.25) is 4.79 Å². The molecule has 0 radical (unpaired) electrons. The summed E-state index contributed by atoms with van der Waals surface area (Å²) in [6.07, 6.45) is 1.05. The number of carbonyl (C=O) groups excluding carboxylic acids is 1. The van der Waals surface area contributed by atoms with Crippen LogP contribution >= 0.6 is 37.2 Å². The number of primary amides is 1. The Bertz CT molecular complexity index is 676. The van der Waals surface area contributed by atoms with Crippen LogP contribution in [-0.4, -0.2) is 25.0 Å². The lowest BCUT2D eigenvalue weighted by molar-refractivity contribution is 0.100. The third-order valence-electron chi connectivity index (χ3n) is 4.03. The van der Waals surface area contributed by atoms with Crippen LogP contribution in [0.15, 0.2) is 48.5 Å². The van der Waals surface area contributed by atoms with Gasteiger partial charge in [-0.1, -0.05) is 12.1 Å². The number of para-hydroxylation sites is 2. The van der Waals surface area contributed by atoms with E-state index in [1.54, 1.807) is 12.1 Å². The predicted molar refractivity (Wildman–Crippen MR) is 111 cm³/mol. The Hall–Kier alpha value is -1.66. The first-order chi connectivity index (χ1) is 10.7. The highest BCUT2D eigenvalue weighted by Gasteiger charge is 2.25. The molecule has 25 heavy (non-hydrogen) atoms. The molecule has 1 atom stereocenters. The molecule has 2 aromatic rings. The van der Waals surface area contributed by atoms with Crippen molar-refractivity contribution in [3.8, 4) is 0 Å². The number of hydrogen-bond acceptors (Lipinski definition) is 4. The Morgan fingerprint density at radius 3 is 2.20 bits per heavy atom. The minimum atomic E-state index is -0.417. The molecule has 138 valence electrons. The van der Waals surface area contributed by atoms with Gasteiger partial charge in [-0.15, -0.1) is 37.2 Å². The zero-order chi connectivity index (χ0) is 15.5. The zero-order valence-electron chi connectivity index (χ0n) is 13.6. The minimum Gasteiger partial charge on any atom is -0.397 e. The largest absolute Gasteiger partial charge is 0.397 e. The van der Waals surface area contributed by atoms with Crippen molar-refractivity contribution in [2.75, 3.05) is 23.7 Å². The van der Waals surface area contributed by atoms with Crippen LogP contribution in [0.5, 0.6) is 0 Å². The highest BCUT2D eigenvalue weighted by molar-refractivity contribution is 5.93. The van der Waals surface area contributed by atoms with Gasteiger partial charge in [0.2, 0.25) is 5.91 Å². The lowest BCUT2D eigenvalue weighted by Gasteiger charge is -2.32. The molecule has 0 saturated carbocycles. The Kier molecular flexibility index (Phi) is 9.67. The van der Waals surface area contributed by atoms with Gasteiger partial charge in [-0.05, 0) is 49.4 Å². The highest BCUT2D eigenvalue weighted by Crippen LogP contribution is 2.34. The van der Waals surface area contributed by atoms with Crippen molar-refractivity contribution in [3.05, 3.63) is 54.1 Å². The molecule has 0 aromatic heterocycles. The summed E-state index contributed by atoms with van der Waals surface area (Å²) < 4.78 is 0. The number of nitrogens with one attached hydrogen (secondary N) is 1. The Morgan fingerprint density at radius 1 is 1.04 bits per heavy atom. The van der Waals surface area contributed by atoms with E-state index in [-0.39, 0.29) is 37.2 Å². The molecular formula is C17H23Cl3N4O. The molecule has 3 rings (SSSR count). The van der Waals surface area contributed by atoms with Gasteiger partial charge in [-0.25, -0.2) is 0 Å². The normalized spacial score (nSPS) is 15.3. The molecule has 0 aliphatic carbocycles. The van der Waals surface area contributed by atoms with E-state index < -0.39 is 5.91 Å². The fourth-order valence-corrected chi connectivity index (χ4v) is 2.90. The second-order valence-electron chi connectivity index (χ2n) is 5.49. The molecule has 5 nitrogen and oxygen atoms in total. The lowest BCUT2D eigenvalue weighted by atomic mass is 10.1. The maximum atomic E-state index is 11.2. The number of carbonyl (C=O) groups is 1. The minimum absolute atomic E-state index is 0.